The molecule has 100 valence electrons. The van der Waals surface area contributed by atoms with Crippen molar-refractivity contribution in [3.63, 3.8) is 0 Å². The van der Waals surface area contributed by atoms with E-state index in [0.29, 0.717) is 12.3 Å². The third kappa shape index (κ3) is 13.1. The number of carbonyl (C=O) groups is 1. The van der Waals surface area contributed by atoms with Gasteiger partial charge in [0.1, 0.15) is 0 Å². The minimum absolute atomic E-state index is 0.326. The minimum atomic E-state index is -0.669. The van der Waals surface area contributed by atoms with E-state index in [1.165, 1.54) is 38.5 Å². The van der Waals surface area contributed by atoms with Crippen LogP contribution < -0.4 is 0 Å². The molecule has 0 aromatic heterocycles. The molecule has 0 heterocycles. The maximum atomic E-state index is 10.3. The number of carboxylic acid groups (broad SMARTS) is 1. The number of carboxylic acids is 1. The Hall–Kier alpha value is -0.790. The summed E-state index contributed by atoms with van der Waals surface area (Å²) in [5.74, 6) is 0.00329. The molecule has 0 aliphatic rings. The van der Waals surface area contributed by atoms with Crippen LogP contribution in [0.1, 0.15) is 71.6 Å². The lowest BCUT2D eigenvalue weighted by atomic mass is 10.0. The molecule has 1 unspecified atom stereocenters. The zero-order valence-electron chi connectivity index (χ0n) is 11.5. The van der Waals surface area contributed by atoms with Gasteiger partial charge in [0, 0.05) is 6.42 Å². The van der Waals surface area contributed by atoms with Crippen molar-refractivity contribution in [1.82, 2.24) is 0 Å². The number of unbranched alkanes of at least 4 members (excludes halogenated alkanes) is 5. The summed E-state index contributed by atoms with van der Waals surface area (Å²) in [4.78, 5) is 10.3. The van der Waals surface area contributed by atoms with E-state index >= 15 is 0 Å². The molecule has 17 heavy (non-hydrogen) atoms. The van der Waals surface area contributed by atoms with Gasteiger partial charge in [-0.25, -0.2) is 0 Å². The van der Waals surface area contributed by atoms with Crippen LogP contribution in [0.5, 0.6) is 0 Å². The van der Waals surface area contributed by atoms with Crippen LogP contribution in [0, 0.1) is 5.92 Å². The number of aliphatic carboxylic acids is 1. The van der Waals surface area contributed by atoms with Crippen molar-refractivity contribution in [3.05, 3.63) is 12.2 Å². The van der Waals surface area contributed by atoms with Crippen LogP contribution in [0.4, 0.5) is 0 Å². The highest BCUT2D eigenvalue weighted by atomic mass is 16.4. The highest BCUT2D eigenvalue weighted by Crippen LogP contribution is 2.13. The molecule has 1 atom stereocenters. The van der Waals surface area contributed by atoms with E-state index in [1.807, 2.05) is 0 Å². The summed E-state index contributed by atoms with van der Waals surface area (Å²) in [5.41, 5.74) is 0. The van der Waals surface area contributed by atoms with Gasteiger partial charge in [-0.3, -0.25) is 4.79 Å². The van der Waals surface area contributed by atoms with Crippen molar-refractivity contribution in [2.45, 2.75) is 71.6 Å². The van der Waals surface area contributed by atoms with E-state index in [9.17, 15) is 4.79 Å². The molecule has 0 aliphatic carbocycles. The van der Waals surface area contributed by atoms with Crippen LogP contribution in [-0.4, -0.2) is 11.1 Å². The Kier molecular flexibility index (Phi) is 11.1. The lowest BCUT2D eigenvalue weighted by molar-refractivity contribution is -0.137. The van der Waals surface area contributed by atoms with Gasteiger partial charge in [-0.2, -0.15) is 0 Å². The third-order valence-electron chi connectivity index (χ3n) is 2.99. The van der Waals surface area contributed by atoms with Gasteiger partial charge in [-0.05, 0) is 25.2 Å². The number of hydrogen-bond acceptors (Lipinski definition) is 1. The topological polar surface area (TPSA) is 37.3 Å². The fourth-order valence-electron chi connectivity index (χ4n) is 1.84. The molecule has 0 fully saturated rings. The number of hydrogen-bond donors (Lipinski definition) is 1. The smallest absolute Gasteiger partial charge is 0.303 e. The predicted octanol–water partition coefficient (Wildman–Crippen LogP) is 4.79. The fraction of sp³-hybridized carbons (Fsp3) is 0.800. The molecule has 0 aliphatic heterocycles. The maximum Gasteiger partial charge on any atom is 0.303 e. The van der Waals surface area contributed by atoms with Crippen molar-refractivity contribution in [3.8, 4) is 0 Å². The molecule has 0 spiro atoms. The first-order valence-electron chi connectivity index (χ1n) is 7.05. The van der Waals surface area contributed by atoms with Crippen molar-refractivity contribution in [2.75, 3.05) is 0 Å². The standard InChI is InChI=1S/C15H28O2/c1-3-4-5-8-11-14(2)12-9-6-7-10-13-15(16)17/h8,11,14H,3-7,9-10,12-13H2,1-2H3,(H,16,17). The summed E-state index contributed by atoms with van der Waals surface area (Å²) >= 11 is 0. The van der Waals surface area contributed by atoms with Gasteiger partial charge in [0.2, 0.25) is 0 Å². The first-order chi connectivity index (χ1) is 8.16. The molecular weight excluding hydrogens is 212 g/mol. The highest BCUT2D eigenvalue weighted by Gasteiger charge is 1.99. The van der Waals surface area contributed by atoms with E-state index in [-0.39, 0.29) is 0 Å². The molecule has 0 rings (SSSR count). The summed E-state index contributed by atoms with van der Waals surface area (Å²) in [5, 5.41) is 8.49. The van der Waals surface area contributed by atoms with Crippen LogP contribution in [0.25, 0.3) is 0 Å². The van der Waals surface area contributed by atoms with Crippen LogP contribution in [-0.2, 0) is 4.79 Å². The second-order valence-corrected chi connectivity index (χ2v) is 4.89. The third-order valence-corrected chi connectivity index (χ3v) is 2.99. The van der Waals surface area contributed by atoms with Gasteiger partial charge in [-0.15, -0.1) is 0 Å². The Balaban J connectivity index is 3.29. The summed E-state index contributed by atoms with van der Waals surface area (Å²) in [6.07, 6.45) is 14.2. The van der Waals surface area contributed by atoms with Crippen molar-refractivity contribution < 1.29 is 9.90 Å². The van der Waals surface area contributed by atoms with Gasteiger partial charge in [0.05, 0.1) is 0 Å². The molecule has 0 bridgehead atoms. The first kappa shape index (κ1) is 16.2. The van der Waals surface area contributed by atoms with Crippen LogP contribution in [0.15, 0.2) is 12.2 Å². The average molecular weight is 240 g/mol. The lowest BCUT2D eigenvalue weighted by Gasteiger charge is -2.05. The van der Waals surface area contributed by atoms with Crippen molar-refractivity contribution in [1.29, 1.82) is 0 Å². The Labute approximate surface area is 106 Å². The molecular formula is C15H28O2. The first-order valence-corrected chi connectivity index (χ1v) is 7.05. The zero-order valence-corrected chi connectivity index (χ0v) is 11.5. The highest BCUT2D eigenvalue weighted by molar-refractivity contribution is 5.66. The van der Waals surface area contributed by atoms with Gasteiger partial charge in [0.15, 0.2) is 0 Å². The van der Waals surface area contributed by atoms with Crippen molar-refractivity contribution in [2.24, 2.45) is 5.92 Å². The van der Waals surface area contributed by atoms with E-state index in [4.69, 9.17) is 5.11 Å². The molecule has 2 heteroatoms. The van der Waals surface area contributed by atoms with E-state index in [1.54, 1.807) is 0 Å². The summed E-state index contributed by atoms with van der Waals surface area (Å²) in [7, 11) is 0. The van der Waals surface area contributed by atoms with Crippen molar-refractivity contribution >= 4 is 5.97 Å². The second-order valence-electron chi connectivity index (χ2n) is 4.89. The van der Waals surface area contributed by atoms with Crippen LogP contribution >= 0.6 is 0 Å². The molecule has 0 aromatic rings. The van der Waals surface area contributed by atoms with Gasteiger partial charge in [0.25, 0.3) is 0 Å². The summed E-state index contributed by atoms with van der Waals surface area (Å²) in [6.45, 7) is 4.48. The van der Waals surface area contributed by atoms with Gasteiger partial charge in [-0.1, -0.05) is 58.1 Å². The fourth-order valence-corrected chi connectivity index (χ4v) is 1.84. The maximum absolute atomic E-state index is 10.3. The molecule has 0 amide bonds. The Morgan fingerprint density at radius 2 is 1.88 bits per heavy atom. The van der Waals surface area contributed by atoms with Gasteiger partial charge >= 0.3 is 5.97 Å². The Morgan fingerprint density at radius 3 is 2.53 bits per heavy atom. The average Bonchev–Trinajstić information content (AvgIpc) is 2.29. The summed E-state index contributed by atoms with van der Waals surface area (Å²) in [6, 6.07) is 0. The number of rotatable bonds is 11. The van der Waals surface area contributed by atoms with Crippen LogP contribution in [0.3, 0.4) is 0 Å². The SMILES string of the molecule is CCCCC=CC(C)CCCCCCC(=O)O. The van der Waals surface area contributed by atoms with Gasteiger partial charge < -0.3 is 5.11 Å². The Bertz CT molecular complexity index is 209. The largest absolute Gasteiger partial charge is 0.481 e. The molecule has 1 N–H and O–H groups in total. The number of allylic oxidation sites excluding steroid dienone is 2. The van der Waals surface area contributed by atoms with E-state index < -0.39 is 5.97 Å². The molecule has 0 radical (unpaired) electrons. The second kappa shape index (κ2) is 11.7. The monoisotopic (exact) mass is 240 g/mol. The molecule has 2 nitrogen and oxygen atoms in total. The predicted molar refractivity (Wildman–Crippen MR) is 73.2 cm³/mol. The van der Waals surface area contributed by atoms with E-state index in [2.05, 4.69) is 26.0 Å². The summed E-state index contributed by atoms with van der Waals surface area (Å²) < 4.78 is 0. The molecule has 0 saturated heterocycles. The molecule has 0 saturated carbocycles. The van der Waals surface area contributed by atoms with Crippen LogP contribution in [0.2, 0.25) is 0 Å². The zero-order chi connectivity index (χ0) is 12.9. The quantitative estimate of drug-likeness (QED) is 0.416. The van der Waals surface area contributed by atoms with E-state index in [0.717, 1.165) is 12.8 Å². The normalized spacial score (nSPS) is 13.1. The Morgan fingerprint density at radius 1 is 1.18 bits per heavy atom. The lowest BCUT2D eigenvalue weighted by Crippen LogP contribution is -1.94. The molecule has 0 aromatic carbocycles. The minimum Gasteiger partial charge on any atom is -0.481 e.